The predicted molar refractivity (Wildman–Crippen MR) is 259 cm³/mol. The van der Waals surface area contributed by atoms with E-state index in [-0.39, 0.29) is 56.6 Å². The number of carbonyl (C=O) groups is 3. The molecule has 0 spiro atoms. The van der Waals surface area contributed by atoms with Gasteiger partial charge in [-0.05, 0) is 46.3 Å². The number of methoxy groups -OCH3 is 1. The summed E-state index contributed by atoms with van der Waals surface area (Å²) in [7, 11) is 1.44. The van der Waals surface area contributed by atoms with Gasteiger partial charge in [-0.1, -0.05) is 75.8 Å². The highest BCUT2D eigenvalue weighted by molar-refractivity contribution is 6.23. The highest BCUT2D eigenvalue weighted by atomic mass is 16.7. The lowest BCUT2D eigenvalue weighted by Crippen LogP contribution is -2.54. The number of anilines is 1. The Balaban J connectivity index is 1.48. The van der Waals surface area contributed by atoms with Gasteiger partial charge in [0.2, 0.25) is 0 Å². The average Bonchev–Trinajstić information content (AvgIpc) is 3.55. The number of ketones is 1. The second-order valence-corrected chi connectivity index (χ2v) is 19.1. The van der Waals surface area contributed by atoms with Gasteiger partial charge in [0.05, 0.1) is 65.1 Å². The van der Waals surface area contributed by atoms with E-state index in [1.165, 1.54) is 70.6 Å². The van der Waals surface area contributed by atoms with E-state index in [4.69, 9.17) is 24.0 Å². The number of Topliss-reactive ketones (excluding diaryl/α,β-unsaturated/α-hetero) is 1. The number of phenols is 3. The number of carbonyl (C=O) groups excluding carboxylic acids is 3. The van der Waals surface area contributed by atoms with Crippen LogP contribution in [-0.2, 0) is 30.3 Å². The fourth-order valence-corrected chi connectivity index (χ4v) is 9.73. The molecule has 1 fully saturated rings. The molecule has 16 nitrogen and oxygen atoms in total. The molecule has 0 radical (unpaired) electrons. The standard InChI is InChI=1S/C52H68N4O12/c1-26-16-18-36(19-17-26)25-55-23-29(4)56(30(5)24-55)53-22-37-42-47(62)40-39(46(37)61)41-49(34(9)45(40)60)68-52(11,50(41)63)66-21-20-38(65-12)31(6)48(67-35(10)57)33(8)44(59)32(7)43(58)27(2)14-13-15-28(3)51(64)54-42/h13-22,27,29-33,38,43-44,48,58-62H,23-25H2,1-12H3,(H,54,64)/b14-13?,21-20?,28-15?,53-22+. The molecule has 0 saturated carbocycles. The number of fused-ring (bicyclic) bond motifs is 14. The van der Waals surface area contributed by atoms with Crippen LogP contribution in [0.5, 0.6) is 23.0 Å². The number of phenolic OH excluding ortho intramolecular Hbond substituents is 3. The molecular weight excluding hydrogens is 873 g/mol. The van der Waals surface area contributed by atoms with E-state index in [1.807, 2.05) is 25.8 Å². The molecule has 7 rings (SSSR count). The third-order valence-electron chi connectivity index (χ3n) is 13.8. The number of aliphatic hydroxyl groups is 2. The topological polar surface area (TPSA) is 220 Å². The van der Waals surface area contributed by atoms with Crippen LogP contribution in [0.4, 0.5) is 5.69 Å². The lowest BCUT2D eigenvalue weighted by atomic mass is 9.78. The summed E-state index contributed by atoms with van der Waals surface area (Å²) in [6, 6.07) is 8.19. The maximum absolute atomic E-state index is 14.7. The number of allylic oxidation sites excluding steroid dienone is 2. The Morgan fingerprint density at radius 1 is 0.897 bits per heavy atom. The third-order valence-corrected chi connectivity index (χ3v) is 13.8. The summed E-state index contributed by atoms with van der Waals surface area (Å²) < 4.78 is 23.8. The Morgan fingerprint density at radius 3 is 2.16 bits per heavy atom. The van der Waals surface area contributed by atoms with Gasteiger partial charge >= 0.3 is 11.8 Å². The SMILES string of the molecule is COC1C=COC2(C)Oc3c(C)c(O)c4c(O)c(c(/C=N/N5C(C)CN(Cc6ccc(C)cc6)CC5C)c(O)c4c3C2=O)NC(=O)C(C)=CC=CC(C)C(O)C(C)C(O)C(C)C(OC(C)=O)C1C. The van der Waals surface area contributed by atoms with Crippen LogP contribution >= 0.6 is 0 Å². The van der Waals surface area contributed by atoms with Crippen molar-refractivity contribution in [3.8, 4) is 23.0 Å². The molecule has 68 heavy (non-hydrogen) atoms. The van der Waals surface area contributed by atoms with Crippen molar-refractivity contribution in [2.75, 3.05) is 25.5 Å². The van der Waals surface area contributed by atoms with E-state index in [1.54, 1.807) is 39.8 Å². The highest BCUT2D eigenvalue weighted by Gasteiger charge is 2.50. The van der Waals surface area contributed by atoms with Crippen LogP contribution in [0.15, 0.2) is 65.5 Å². The number of ether oxygens (including phenoxy) is 4. The second kappa shape index (κ2) is 20.7. The molecule has 368 valence electrons. The number of aryl methyl sites for hydroxylation is 1. The molecule has 11 atom stereocenters. The zero-order valence-electron chi connectivity index (χ0n) is 41.1. The van der Waals surface area contributed by atoms with Crippen LogP contribution in [0, 0.1) is 37.5 Å². The van der Waals surface area contributed by atoms with E-state index in [2.05, 4.69) is 34.5 Å². The molecule has 4 aliphatic heterocycles. The van der Waals surface area contributed by atoms with Gasteiger partial charge < -0.3 is 49.8 Å². The molecule has 0 aromatic heterocycles. The van der Waals surface area contributed by atoms with Gasteiger partial charge in [0.25, 0.3) is 11.7 Å². The zero-order chi connectivity index (χ0) is 50.1. The number of piperazine rings is 1. The van der Waals surface area contributed by atoms with Crippen molar-refractivity contribution in [1.29, 1.82) is 0 Å². The number of aromatic hydroxyl groups is 3. The molecular formula is C52H68N4O12. The minimum Gasteiger partial charge on any atom is -0.507 e. The molecule has 3 aromatic rings. The van der Waals surface area contributed by atoms with Gasteiger partial charge in [0, 0.05) is 80.8 Å². The first-order valence-corrected chi connectivity index (χ1v) is 23.2. The summed E-state index contributed by atoms with van der Waals surface area (Å²) in [5.41, 5.74) is 1.97. The summed E-state index contributed by atoms with van der Waals surface area (Å²) in [5.74, 6) is -8.46. The first-order chi connectivity index (χ1) is 32.0. The number of amides is 1. The van der Waals surface area contributed by atoms with Gasteiger partial charge in [-0.3, -0.25) is 24.3 Å². The van der Waals surface area contributed by atoms with Gasteiger partial charge in [-0.15, -0.1) is 0 Å². The highest BCUT2D eigenvalue weighted by Crippen LogP contribution is 2.55. The quantitative estimate of drug-likeness (QED) is 0.0635. The molecule has 16 heteroatoms. The van der Waals surface area contributed by atoms with Crippen molar-refractivity contribution >= 4 is 40.3 Å². The lowest BCUT2D eigenvalue weighted by Gasteiger charge is -2.42. The van der Waals surface area contributed by atoms with Gasteiger partial charge in [0.15, 0.2) is 5.75 Å². The fraction of sp³-hybridized carbons (Fsp3) is 0.500. The molecule has 6 N–H and O–H groups in total. The van der Waals surface area contributed by atoms with E-state index in [0.29, 0.717) is 13.1 Å². The number of nitrogens with one attached hydrogen (secondary N) is 1. The van der Waals surface area contributed by atoms with E-state index >= 15 is 0 Å². The molecule has 5 bridgehead atoms. The Bertz CT molecular complexity index is 2510. The first kappa shape index (κ1) is 51.5. The number of rotatable bonds is 6. The van der Waals surface area contributed by atoms with Crippen molar-refractivity contribution in [3.63, 3.8) is 0 Å². The largest absolute Gasteiger partial charge is 0.507 e. The maximum Gasteiger partial charge on any atom is 0.312 e. The average molecular weight is 941 g/mol. The summed E-state index contributed by atoms with van der Waals surface area (Å²) >= 11 is 0. The van der Waals surface area contributed by atoms with Crippen molar-refractivity contribution in [3.05, 3.63) is 88.2 Å². The van der Waals surface area contributed by atoms with Crippen LogP contribution in [0.3, 0.4) is 0 Å². The summed E-state index contributed by atoms with van der Waals surface area (Å²) in [6.07, 6.45) is 4.89. The molecule has 3 aromatic carbocycles. The van der Waals surface area contributed by atoms with Crippen molar-refractivity contribution in [2.24, 2.45) is 28.8 Å². The Hall–Kier alpha value is -5.94. The molecule has 11 unspecified atom stereocenters. The predicted octanol–water partition coefficient (Wildman–Crippen LogP) is 6.99. The molecule has 1 amide bonds. The third kappa shape index (κ3) is 10.2. The van der Waals surface area contributed by atoms with Crippen LogP contribution in [0.1, 0.15) is 94.9 Å². The van der Waals surface area contributed by atoms with E-state index in [9.17, 15) is 39.9 Å². The van der Waals surface area contributed by atoms with Crippen LogP contribution in [-0.4, -0.2) is 122 Å². The normalized spacial score (nSPS) is 29.9. The maximum atomic E-state index is 14.7. The van der Waals surface area contributed by atoms with E-state index < -0.39 is 88.8 Å². The summed E-state index contributed by atoms with van der Waals surface area (Å²) in [6.45, 7) is 20.7. The smallest absolute Gasteiger partial charge is 0.312 e. The number of nitrogens with zero attached hydrogens (tertiary/aromatic N) is 3. The fourth-order valence-electron chi connectivity index (χ4n) is 9.73. The number of hydrogen-bond donors (Lipinski definition) is 6. The monoisotopic (exact) mass is 940 g/mol. The number of benzene rings is 3. The molecule has 4 aliphatic rings. The Labute approximate surface area is 398 Å². The van der Waals surface area contributed by atoms with Crippen molar-refractivity contribution in [2.45, 2.75) is 125 Å². The van der Waals surface area contributed by atoms with Crippen LogP contribution in [0.2, 0.25) is 0 Å². The second-order valence-electron chi connectivity index (χ2n) is 19.1. The minimum atomic E-state index is -2.07. The van der Waals surface area contributed by atoms with Crippen LogP contribution < -0.4 is 10.1 Å². The van der Waals surface area contributed by atoms with Gasteiger partial charge in [-0.25, -0.2) is 0 Å². The van der Waals surface area contributed by atoms with Gasteiger partial charge in [0.1, 0.15) is 23.4 Å². The number of aliphatic hydroxyl groups excluding tert-OH is 2. The number of hydrazone groups is 1. The first-order valence-electron chi connectivity index (χ1n) is 23.2. The Morgan fingerprint density at radius 2 is 1.54 bits per heavy atom. The summed E-state index contributed by atoms with van der Waals surface area (Å²) in [4.78, 5) is 43.4. The molecule has 1 saturated heterocycles. The number of esters is 1. The van der Waals surface area contributed by atoms with Crippen LogP contribution in [0.25, 0.3) is 10.8 Å². The van der Waals surface area contributed by atoms with E-state index in [0.717, 1.165) is 6.54 Å². The van der Waals surface area contributed by atoms with Gasteiger partial charge in [-0.2, -0.15) is 5.10 Å². The molecule has 0 aliphatic carbocycles. The molecule has 4 heterocycles. The minimum absolute atomic E-state index is 0.0501. The summed E-state index contributed by atoms with van der Waals surface area (Å²) in [5, 5.41) is 68.2. The Kier molecular flexibility index (Phi) is 15.7. The van der Waals surface area contributed by atoms with Crippen molar-refractivity contribution < 1.29 is 58.9 Å². The zero-order valence-corrected chi connectivity index (χ0v) is 41.1. The number of hydrogen-bond acceptors (Lipinski definition) is 15. The van der Waals surface area contributed by atoms with Crippen molar-refractivity contribution in [1.82, 2.24) is 9.91 Å². The lowest BCUT2D eigenvalue weighted by molar-refractivity contribution is -0.160.